The molecule has 5 heteroatoms. The Labute approximate surface area is 115 Å². The molecule has 0 radical (unpaired) electrons. The molecule has 0 bridgehead atoms. The summed E-state index contributed by atoms with van der Waals surface area (Å²) in [6, 6.07) is 12.8. The lowest BCUT2D eigenvalue weighted by molar-refractivity contribution is 0.0697. The number of methoxy groups -OCH3 is 1. The fourth-order valence-corrected chi connectivity index (χ4v) is 1.61. The smallest absolute Gasteiger partial charge is 0.335 e. The van der Waals surface area contributed by atoms with Gasteiger partial charge < -0.3 is 14.6 Å². The first kappa shape index (κ1) is 13.4. The number of nitrogens with zero attached hydrogens (tertiary/aromatic N) is 1. The summed E-state index contributed by atoms with van der Waals surface area (Å²) >= 11 is 0. The van der Waals surface area contributed by atoms with Crippen LogP contribution in [0.5, 0.6) is 17.2 Å². The lowest BCUT2D eigenvalue weighted by atomic mass is 10.2. The average molecular weight is 269 g/mol. The predicted molar refractivity (Wildman–Crippen MR) is 71.2 cm³/mol. The quantitative estimate of drug-likeness (QED) is 0.922. The SMILES string of the molecule is COc1cc(C#N)cc(Oc2ccc(C(=O)O)cc2)c1. The van der Waals surface area contributed by atoms with E-state index in [0.717, 1.165) is 0 Å². The van der Waals surface area contributed by atoms with Gasteiger partial charge in [0, 0.05) is 6.07 Å². The highest BCUT2D eigenvalue weighted by Crippen LogP contribution is 2.27. The van der Waals surface area contributed by atoms with Gasteiger partial charge in [0.2, 0.25) is 0 Å². The molecule has 100 valence electrons. The van der Waals surface area contributed by atoms with Gasteiger partial charge in [0.15, 0.2) is 0 Å². The van der Waals surface area contributed by atoms with Gasteiger partial charge in [-0.1, -0.05) is 0 Å². The van der Waals surface area contributed by atoms with Crippen LogP contribution in [0.25, 0.3) is 0 Å². The van der Waals surface area contributed by atoms with E-state index in [2.05, 4.69) is 0 Å². The Hall–Kier alpha value is -3.00. The molecule has 2 aromatic rings. The van der Waals surface area contributed by atoms with Gasteiger partial charge in [-0.3, -0.25) is 0 Å². The number of benzene rings is 2. The zero-order chi connectivity index (χ0) is 14.5. The number of carbonyl (C=O) groups is 1. The number of hydrogen-bond acceptors (Lipinski definition) is 4. The normalized spacial score (nSPS) is 9.60. The Balaban J connectivity index is 2.25. The van der Waals surface area contributed by atoms with Crippen LogP contribution < -0.4 is 9.47 Å². The van der Waals surface area contributed by atoms with E-state index in [4.69, 9.17) is 19.8 Å². The van der Waals surface area contributed by atoms with Gasteiger partial charge in [0.1, 0.15) is 17.2 Å². The van der Waals surface area contributed by atoms with E-state index in [9.17, 15) is 4.79 Å². The van der Waals surface area contributed by atoms with Gasteiger partial charge in [-0.15, -0.1) is 0 Å². The van der Waals surface area contributed by atoms with Crippen LogP contribution in [0, 0.1) is 11.3 Å². The lowest BCUT2D eigenvalue weighted by Gasteiger charge is -2.08. The minimum Gasteiger partial charge on any atom is -0.497 e. The minimum absolute atomic E-state index is 0.181. The van der Waals surface area contributed by atoms with Gasteiger partial charge in [-0.25, -0.2) is 4.79 Å². The molecule has 0 fully saturated rings. The van der Waals surface area contributed by atoms with Crippen LogP contribution in [0.2, 0.25) is 0 Å². The van der Waals surface area contributed by atoms with Crippen LogP contribution in [0.1, 0.15) is 15.9 Å². The average Bonchev–Trinajstić information content (AvgIpc) is 2.47. The highest BCUT2D eigenvalue weighted by atomic mass is 16.5. The first-order valence-electron chi connectivity index (χ1n) is 5.73. The Morgan fingerprint density at radius 2 is 1.75 bits per heavy atom. The van der Waals surface area contributed by atoms with Crippen LogP contribution in [-0.4, -0.2) is 18.2 Å². The molecule has 0 saturated carbocycles. The minimum atomic E-state index is -0.996. The zero-order valence-electron chi connectivity index (χ0n) is 10.7. The molecule has 5 nitrogen and oxygen atoms in total. The van der Waals surface area contributed by atoms with Crippen molar-refractivity contribution in [1.29, 1.82) is 5.26 Å². The fraction of sp³-hybridized carbons (Fsp3) is 0.0667. The second-order valence-electron chi connectivity index (χ2n) is 3.94. The van der Waals surface area contributed by atoms with E-state index in [1.807, 2.05) is 6.07 Å². The molecule has 2 aromatic carbocycles. The maximum Gasteiger partial charge on any atom is 0.335 e. The molecular formula is C15H11NO4. The summed E-state index contributed by atoms with van der Waals surface area (Å²) in [7, 11) is 1.50. The Bertz CT molecular complexity index is 671. The molecule has 0 spiro atoms. The topological polar surface area (TPSA) is 79.5 Å². The maximum absolute atomic E-state index is 10.7. The number of carboxylic acid groups (broad SMARTS) is 1. The summed E-state index contributed by atoms with van der Waals surface area (Å²) in [6.45, 7) is 0. The van der Waals surface area contributed by atoms with Crippen molar-refractivity contribution in [2.75, 3.05) is 7.11 Å². The van der Waals surface area contributed by atoms with E-state index < -0.39 is 5.97 Å². The third-order valence-corrected chi connectivity index (χ3v) is 2.58. The lowest BCUT2D eigenvalue weighted by Crippen LogP contribution is -1.95. The first-order valence-corrected chi connectivity index (χ1v) is 5.73. The molecular weight excluding hydrogens is 258 g/mol. The monoisotopic (exact) mass is 269 g/mol. The zero-order valence-corrected chi connectivity index (χ0v) is 10.7. The number of ether oxygens (including phenoxy) is 2. The molecule has 0 amide bonds. The summed E-state index contributed by atoms with van der Waals surface area (Å²) in [4.78, 5) is 10.7. The Morgan fingerprint density at radius 1 is 1.10 bits per heavy atom. The number of rotatable bonds is 4. The highest BCUT2D eigenvalue weighted by Gasteiger charge is 2.05. The van der Waals surface area contributed by atoms with Crippen molar-refractivity contribution in [1.82, 2.24) is 0 Å². The Kier molecular flexibility index (Phi) is 3.87. The van der Waals surface area contributed by atoms with Gasteiger partial charge in [-0.2, -0.15) is 5.26 Å². The molecule has 2 rings (SSSR count). The van der Waals surface area contributed by atoms with E-state index in [1.54, 1.807) is 30.3 Å². The van der Waals surface area contributed by atoms with Crippen LogP contribution in [0.3, 0.4) is 0 Å². The van der Waals surface area contributed by atoms with Crippen molar-refractivity contribution < 1.29 is 19.4 Å². The van der Waals surface area contributed by atoms with Crippen molar-refractivity contribution in [3.8, 4) is 23.3 Å². The molecule has 0 aliphatic heterocycles. The standard InChI is InChI=1S/C15H11NO4/c1-19-13-6-10(9-16)7-14(8-13)20-12-4-2-11(3-5-12)15(17)18/h2-8H,1H3,(H,17,18). The van der Waals surface area contributed by atoms with Gasteiger partial charge in [0.25, 0.3) is 0 Å². The number of hydrogen-bond donors (Lipinski definition) is 1. The van der Waals surface area contributed by atoms with E-state index in [1.165, 1.54) is 19.2 Å². The van der Waals surface area contributed by atoms with Crippen LogP contribution in [0.15, 0.2) is 42.5 Å². The number of carboxylic acids is 1. The van der Waals surface area contributed by atoms with Crippen molar-refractivity contribution in [2.45, 2.75) is 0 Å². The molecule has 0 aliphatic rings. The third-order valence-electron chi connectivity index (χ3n) is 2.58. The molecule has 0 aromatic heterocycles. The van der Waals surface area contributed by atoms with E-state index in [-0.39, 0.29) is 5.56 Å². The van der Waals surface area contributed by atoms with Crippen LogP contribution in [-0.2, 0) is 0 Å². The predicted octanol–water partition coefficient (Wildman–Crippen LogP) is 3.06. The second kappa shape index (κ2) is 5.76. The fourth-order valence-electron chi connectivity index (χ4n) is 1.61. The van der Waals surface area contributed by atoms with Gasteiger partial charge in [-0.05, 0) is 36.4 Å². The molecule has 0 unspecified atom stereocenters. The number of nitriles is 1. The summed E-state index contributed by atoms with van der Waals surface area (Å²) < 4.78 is 10.7. The molecule has 0 heterocycles. The van der Waals surface area contributed by atoms with E-state index in [0.29, 0.717) is 22.8 Å². The van der Waals surface area contributed by atoms with Crippen molar-refractivity contribution >= 4 is 5.97 Å². The van der Waals surface area contributed by atoms with Crippen molar-refractivity contribution in [3.63, 3.8) is 0 Å². The molecule has 20 heavy (non-hydrogen) atoms. The maximum atomic E-state index is 10.7. The molecule has 0 aliphatic carbocycles. The summed E-state index contributed by atoms with van der Waals surface area (Å²) in [5.41, 5.74) is 0.599. The molecule has 1 N–H and O–H groups in total. The van der Waals surface area contributed by atoms with Crippen molar-refractivity contribution in [3.05, 3.63) is 53.6 Å². The van der Waals surface area contributed by atoms with E-state index >= 15 is 0 Å². The van der Waals surface area contributed by atoms with Gasteiger partial charge >= 0.3 is 5.97 Å². The molecule has 0 atom stereocenters. The highest BCUT2D eigenvalue weighted by molar-refractivity contribution is 5.87. The first-order chi connectivity index (χ1) is 9.62. The largest absolute Gasteiger partial charge is 0.497 e. The summed E-state index contributed by atoms with van der Waals surface area (Å²) in [6.07, 6.45) is 0. The van der Waals surface area contributed by atoms with Crippen molar-refractivity contribution in [2.24, 2.45) is 0 Å². The van der Waals surface area contributed by atoms with Crippen LogP contribution >= 0.6 is 0 Å². The number of aromatic carboxylic acids is 1. The molecule has 0 saturated heterocycles. The third kappa shape index (κ3) is 3.06. The second-order valence-corrected chi connectivity index (χ2v) is 3.94. The van der Waals surface area contributed by atoms with Crippen LogP contribution in [0.4, 0.5) is 0 Å². The summed E-state index contributed by atoms with van der Waals surface area (Å²) in [5.74, 6) is 0.446. The Morgan fingerprint density at radius 3 is 2.30 bits per heavy atom. The summed E-state index contributed by atoms with van der Waals surface area (Å²) in [5, 5.41) is 17.7. The van der Waals surface area contributed by atoms with Gasteiger partial charge in [0.05, 0.1) is 24.3 Å².